The van der Waals surface area contributed by atoms with Gasteiger partial charge >= 0.3 is 0 Å². The van der Waals surface area contributed by atoms with Crippen molar-refractivity contribution in [2.24, 2.45) is 0 Å². The van der Waals surface area contributed by atoms with Gasteiger partial charge in [0.05, 0.1) is 5.75 Å². The molecule has 0 radical (unpaired) electrons. The van der Waals surface area contributed by atoms with Gasteiger partial charge in [-0.1, -0.05) is 12.1 Å². The van der Waals surface area contributed by atoms with Crippen LogP contribution in [0.5, 0.6) is 0 Å². The van der Waals surface area contributed by atoms with Gasteiger partial charge < -0.3 is 5.73 Å². The van der Waals surface area contributed by atoms with Crippen LogP contribution in [0, 0.1) is 0 Å². The molecule has 1 heterocycles. The molecule has 3 rings (SSSR count). The van der Waals surface area contributed by atoms with Gasteiger partial charge in [0.1, 0.15) is 0 Å². The average Bonchev–Trinajstić information content (AvgIpc) is 3.11. The Kier molecular flexibility index (Phi) is 4.01. The fourth-order valence-corrected chi connectivity index (χ4v) is 4.79. The lowest BCUT2D eigenvalue weighted by molar-refractivity contribution is 0.398. The molecule has 2 N–H and O–H groups in total. The smallest absolute Gasteiger partial charge is 0.218 e. The van der Waals surface area contributed by atoms with Crippen LogP contribution in [-0.4, -0.2) is 18.8 Å². The maximum Gasteiger partial charge on any atom is 0.218 e. The number of nitrogens with zero attached hydrogens (tertiary/aromatic N) is 1. The minimum atomic E-state index is -3.32. The Morgan fingerprint density at radius 1 is 1.24 bits per heavy atom. The molecule has 0 amide bonds. The summed E-state index contributed by atoms with van der Waals surface area (Å²) in [6, 6.07) is 9.24. The second-order valence-electron chi connectivity index (χ2n) is 5.41. The Morgan fingerprint density at radius 2 is 2.05 bits per heavy atom. The average molecular weight is 322 g/mol. The summed E-state index contributed by atoms with van der Waals surface area (Å²) >= 11 is 1.59. The summed E-state index contributed by atoms with van der Waals surface area (Å²) in [6.07, 6.45) is 1.92. The summed E-state index contributed by atoms with van der Waals surface area (Å²) in [5.41, 5.74) is 8.12. The molecule has 1 aliphatic carbocycles. The molecule has 6 heteroatoms. The van der Waals surface area contributed by atoms with Crippen molar-refractivity contribution in [1.29, 1.82) is 0 Å². The molecule has 0 aliphatic heterocycles. The molecule has 1 aromatic heterocycles. The number of benzene rings is 1. The van der Waals surface area contributed by atoms with E-state index in [0.717, 1.165) is 24.0 Å². The molecule has 1 fully saturated rings. The third-order valence-corrected chi connectivity index (χ3v) is 6.10. The van der Waals surface area contributed by atoms with Gasteiger partial charge in [-0.15, -0.1) is 0 Å². The zero-order valence-corrected chi connectivity index (χ0v) is 13.2. The molecule has 112 valence electrons. The van der Waals surface area contributed by atoms with Crippen molar-refractivity contribution in [3.8, 4) is 0 Å². The van der Waals surface area contributed by atoms with Gasteiger partial charge in [-0.25, -0.2) is 8.42 Å². The van der Waals surface area contributed by atoms with Crippen molar-refractivity contribution in [1.82, 2.24) is 4.31 Å². The quantitative estimate of drug-likeness (QED) is 0.832. The largest absolute Gasteiger partial charge is 0.399 e. The van der Waals surface area contributed by atoms with Crippen molar-refractivity contribution < 1.29 is 8.42 Å². The molecule has 1 aliphatic rings. The number of nitrogen functional groups attached to an aromatic ring is 1. The molecule has 21 heavy (non-hydrogen) atoms. The number of hydrogen-bond acceptors (Lipinski definition) is 4. The van der Waals surface area contributed by atoms with E-state index in [1.54, 1.807) is 33.8 Å². The van der Waals surface area contributed by atoms with Crippen LogP contribution in [0.3, 0.4) is 0 Å². The number of rotatable bonds is 6. The lowest BCUT2D eigenvalue weighted by Gasteiger charge is -2.21. The van der Waals surface area contributed by atoms with Gasteiger partial charge in [0.25, 0.3) is 0 Å². The fourth-order valence-electron chi connectivity index (χ4n) is 2.36. The van der Waals surface area contributed by atoms with Crippen LogP contribution in [0.1, 0.15) is 24.0 Å². The first-order valence-corrected chi connectivity index (χ1v) is 9.45. The van der Waals surface area contributed by atoms with Gasteiger partial charge in [-0.3, -0.25) is 0 Å². The summed E-state index contributed by atoms with van der Waals surface area (Å²) < 4.78 is 27.1. The molecule has 0 saturated heterocycles. The van der Waals surface area contributed by atoms with Gasteiger partial charge in [-0.2, -0.15) is 15.6 Å². The van der Waals surface area contributed by atoms with E-state index in [0.29, 0.717) is 12.2 Å². The number of anilines is 1. The Balaban J connectivity index is 1.80. The van der Waals surface area contributed by atoms with Crippen LogP contribution in [0.25, 0.3) is 0 Å². The van der Waals surface area contributed by atoms with Gasteiger partial charge in [0.15, 0.2) is 0 Å². The van der Waals surface area contributed by atoms with Crippen LogP contribution in [-0.2, 0) is 22.3 Å². The molecule has 0 unspecified atom stereocenters. The zero-order valence-electron chi connectivity index (χ0n) is 11.6. The van der Waals surface area contributed by atoms with Crippen molar-refractivity contribution >= 4 is 27.0 Å². The maximum absolute atomic E-state index is 12.7. The van der Waals surface area contributed by atoms with E-state index in [1.807, 2.05) is 22.9 Å². The van der Waals surface area contributed by atoms with Crippen molar-refractivity contribution in [2.45, 2.75) is 31.2 Å². The molecule has 0 spiro atoms. The predicted molar refractivity (Wildman–Crippen MR) is 86.4 cm³/mol. The van der Waals surface area contributed by atoms with E-state index in [4.69, 9.17) is 5.73 Å². The van der Waals surface area contributed by atoms with E-state index in [-0.39, 0.29) is 11.8 Å². The summed E-state index contributed by atoms with van der Waals surface area (Å²) in [5, 5.41) is 3.98. The third kappa shape index (κ3) is 3.64. The van der Waals surface area contributed by atoms with Gasteiger partial charge in [0, 0.05) is 18.3 Å². The first-order chi connectivity index (χ1) is 10.0. The molecule has 1 saturated carbocycles. The standard InChI is InChI=1S/C15H18N2O2S2/c16-14-3-1-2-12(8-14)11-21(18,19)17(15-4-5-15)9-13-6-7-20-10-13/h1-3,6-8,10,15H,4-5,9,11,16H2. The summed E-state index contributed by atoms with van der Waals surface area (Å²) in [7, 11) is -3.32. The summed E-state index contributed by atoms with van der Waals surface area (Å²) in [5.74, 6) is 0.0126. The number of nitrogens with two attached hydrogens (primary N) is 1. The van der Waals surface area contributed by atoms with Gasteiger partial charge in [-0.05, 0) is 52.9 Å². The Hall–Kier alpha value is -1.37. The second-order valence-corrected chi connectivity index (χ2v) is 8.11. The molecule has 0 bridgehead atoms. The maximum atomic E-state index is 12.7. The number of sulfonamides is 1. The van der Waals surface area contributed by atoms with Crippen LogP contribution in [0.15, 0.2) is 41.1 Å². The van der Waals surface area contributed by atoms with E-state index in [1.165, 1.54) is 0 Å². The monoisotopic (exact) mass is 322 g/mol. The van der Waals surface area contributed by atoms with E-state index < -0.39 is 10.0 Å². The van der Waals surface area contributed by atoms with Crippen LogP contribution < -0.4 is 5.73 Å². The topological polar surface area (TPSA) is 63.4 Å². The van der Waals surface area contributed by atoms with Crippen LogP contribution >= 0.6 is 11.3 Å². The van der Waals surface area contributed by atoms with E-state index in [9.17, 15) is 8.42 Å². The normalized spacial score (nSPS) is 15.5. The zero-order chi connectivity index (χ0) is 14.9. The second kappa shape index (κ2) is 5.79. The number of hydrogen-bond donors (Lipinski definition) is 1. The molecule has 0 atom stereocenters. The van der Waals surface area contributed by atoms with E-state index >= 15 is 0 Å². The third-order valence-electron chi connectivity index (χ3n) is 3.53. The minimum absolute atomic E-state index is 0.0126. The fraction of sp³-hybridized carbons (Fsp3) is 0.333. The Bertz CT molecular complexity index is 707. The first kappa shape index (κ1) is 14.6. The number of thiophene rings is 1. The van der Waals surface area contributed by atoms with Crippen molar-refractivity contribution in [2.75, 3.05) is 5.73 Å². The highest BCUT2D eigenvalue weighted by molar-refractivity contribution is 7.88. The molecule has 1 aromatic carbocycles. The highest BCUT2D eigenvalue weighted by Gasteiger charge is 2.37. The van der Waals surface area contributed by atoms with Crippen LogP contribution in [0.2, 0.25) is 0 Å². The molecule has 2 aromatic rings. The van der Waals surface area contributed by atoms with Crippen molar-refractivity contribution in [3.63, 3.8) is 0 Å². The Morgan fingerprint density at radius 3 is 2.67 bits per heavy atom. The summed E-state index contributed by atoms with van der Waals surface area (Å²) in [4.78, 5) is 0. The predicted octanol–water partition coefficient (Wildman–Crippen LogP) is 2.82. The molecular weight excluding hydrogens is 304 g/mol. The first-order valence-electron chi connectivity index (χ1n) is 6.89. The lowest BCUT2D eigenvalue weighted by atomic mass is 10.2. The van der Waals surface area contributed by atoms with E-state index in [2.05, 4.69) is 0 Å². The minimum Gasteiger partial charge on any atom is -0.399 e. The molecular formula is C15H18N2O2S2. The summed E-state index contributed by atoms with van der Waals surface area (Å²) in [6.45, 7) is 0.471. The van der Waals surface area contributed by atoms with Gasteiger partial charge in [0.2, 0.25) is 10.0 Å². The SMILES string of the molecule is Nc1cccc(CS(=O)(=O)N(Cc2ccsc2)C2CC2)c1. The Labute approximate surface area is 129 Å². The highest BCUT2D eigenvalue weighted by Crippen LogP contribution is 2.32. The van der Waals surface area contributed by atoms with Crippen LogP contribution in [0.4, 0.5) is 5.69 Å². The highest BCUT2D eigenvalue weighted by atomic mass is 32.2. The lowest BCUT2D eigenvalue weighted by Crippen LogP contribution is -2.33. The molecule has 4 nitrogen and oxygen atoms in total. The van der Waals surface area contributed by atoms with Crippen molar-refractivity contribution in [3.05, 3.63) is 52.2 Å².